The highest BCUT2D eigenvalue weighted by Gasteiger charge is 2.33. The quantitative estimate of drug-likeness (QED) is 0.140. The summed E-state index contributed by atoms with van der Waals surface area (Å²) < 4.78 is 11.7. The van der Waals surface area contributed by atoms with Crippen LogP contribution in [0.5, 0.6) is 11.5 Å². The Hall–Kier alpha value is -3.69. The molecular weight excluding hydrogens is 460 g/mol. The zero-order chi connectivity index (χ0) is 23.2. The molecule has 0 unspecified atom stereocenters. The SMILES string of the molecule is O=C1/C(=C/c2cccc(OCCOc3ccccc3)c2)SC(=S)N1c1cccc([N+](=O)[O-])c1. The average molecular weight is 479 g/mol. The molecule has 1 amide bonds. The van der Waals surface area contributed by atoms with Crippen molar-refractivity contribution in [3.63, 3.8) is 0 Å². The van der Waals surface area contributed by atoms with Crippen molar-refractivity contribution < 1.29 is 19.2 Å². The highest BCUT2D eigenvalue weighted by molar-refractivity contribution is 8.27. The summed E-state index contributed by atoms with van der Waals surface area (Å²) in [5.41, 5.74) is 1.04. The third-order valence-electron chi connectivity index (χ3n) is 4.61. The summed E-state index contributed by atoms with van der Waals surface area (Å²) in [6, 6.07) is 22.7. The van der Waals surface area contributed by atoms with Crippen molar-refractivity contribution in [2.75, 3.05) is 18.1 Å². The van der Waals surface area contributed by atoms with Gasteiger partial charge in [0.2, 0.25) is 0 Å². The number of nitro benzene ring substituents is 1. The standard InChI is InChI=1S/C24H18N2O5S2/c27-23-22(33-24(32)25(23)18-7-5-8-19(16-18)26(28)29)15-17-6-4-11-21(14-17)31-13-12-30-20-9-2-1-3-10-20/h1-11,14-16H,12-13H2/b22-15-. The molecular formula is C24H18N2O5S2. The number of nitrogens with zero attached hydrogens (tertiary/aromatic N) is 2. The fraction of sp³-hybridized carbons (Fsp3) is 0.0833. The second kappa shape index (κ2) is 10.3. The van der Waals surface area contributed by atoms with Gasteiger partial charge in [0, 0.05) is 12.1 Å². The smallest absolute Gasteiger partial charge is 0.271 e. The Morgan fingerprint density at radius 3 is 2.39 bits per heavy atom. The van der Waals surface area contributed by atoms with Crippen LogP contribution in [0.2, 0.25) is 0 Å². The predicted molar refractivity (Wildman–Crippen MR) is 133 cm³/mol. The van der Waals surface area contributed by atoms with Crippen molar-refractivity contribution >= 4 is 51.7 Å². The first-order chi connectivity index (χ1) is 16.0. The third-order valence-corrected chi connectivity index (χ3v) is 5.91. The van der Waals surface area contributed by atoms with Crippen molar-refractivity contribution in [3.8, 4) is 11.5 Å². The van der Waals surface area contributed by atoms with Crippen LogP contribution in [0.1, 0.15) is 5.56 Å². The Kier molecular flexibility index (Phi) is 7.01. The van der Waals surface area contributed by atoms with Crippen LogP contribution in [0, 0.1) is 10.1 Å². The number of hydrogen-bond acceptors (Lipinski definition) is 7. The number of non-ortho nitro benzene ring substituents is 1. The Labute approximate surface area is 199 Å². The molecule has 1 saturated heterocycles. The van der Waals surface area contributed by atoms with E-state index in [-0.39, 0.29) is 11.6 Å². The molecule has 7 nitrogen and oxygen atoms in total. The number of hydrogen-bond donors (Lipinski definition) is 0. The first kappa shape index (κ1) is 22.5. The van der Waals surface area contributed by atoms with E-state index in [4.69, 9.17) is 21.7 Å². The molecule has 3 aromatic rings. The van der Waals surface area contributed by atoms with E-state index in [9.17, 15) is 14.9 Å². The molecule has 0 spiro atoms. The summed E-state index contributed by atoms with van der Waals surface area (Å²) in [6.45, 7) is 0.767. The van der Waals surface area contributed by atoms with E-state index in [1.165, 1.54) is 23.1 Å². The van der Waals surface area contributed by atoms with Gasteiger partial charge in [0.25, 0.3) is 11.6 Å². The van der Waals surface area contributed by atoms with Crippen LogP contribution < -0.4 is 14.4 Å². The molecule has 1 aliphatic rings. The first-order valence-electron chi connectivity index (χ1n) is 9.94. The lowest BCUT2D eigenvalue weighted by Crippen LogP contribution is -2.27. The number of amides is 1. The Morgan fingerprint density at radius 1 is 0.939 bits per heavy atom. The van der Waals surface area contributed by atoms with Crippen LogP contribution in [0.4, 0.5) is 11.4 Å². The molecule has 3 aromatic carbocycles. The van der Waals surface area contributed by atoms with E-state index >= 15 is 0 Å². The summed E-state index contributed by atoms with van der Waals surface area (Å²) in [5.74, 6) is 1.10. The lowest BCUT2D eigenvalue weighted by atomic mass is 10.2. The fourth-order valence-corrected chi connectivity index (χ4v) is 4.42. The van der Waals surface area contributed by atoms with Gasteiger partial charge >= 0.3 is 0 Å². The van der Waals surface area contributed by atoms with Gasteiger partial charge in [-0.2, -0.15) is 0 Å². The molecule has 0 saturated carbocycles. The van der Waals surface area contributed by atoms with Crippen LogP contribution in [-0.2, 0) is 4.79 Å². The summed E-state index contributed by atoms with van der Waals surface area (Å²) in [7, 11) is 0. The molecule has 1 fully saturated rings. The number of carbonyl (C=O) groups is 1. The summed E-state index contributed by atoms with van der Waals surface area (Å²) in [4.78, 5) is 25.3. The number of thioether (sulfide) groups is 1. The number of thiocarbonyl (C=S) groups is 1. The van der Waals surface area contributed by atoms with Gasteiger partial charge in [0.15, 0.2) is 4.32 Å². The molecule has 4 rings (SSSR count). The predicted octanol–water partition coefficient (Wildman–Crippen LogP) is 5.46. The minimum absolute atomic E-state index is 0.105. The minimum atomic E-state index is -0.507. The molecule has 1 heterocycles. The second-order valence-corrected chi connectivity index (χ2v) is 8.55. The number of benzene rings is 3. The topological polar surface area (TPSA) is 81.9 Å². The van der Waals surface area contributed by atoms with Crippen LogP contribution in [0.25, 0.3) is 6.08 Å². The number of para-hydroxylation sites is 1. The Bertz CT molecular complexity index is 1230. The molecule has 1 aliphatic heterocycles. The lowest BCUT2D eigenvalue weighted by molar-refractivity contribution is -0.384. The summed E-state index contributed by atoms with van der Waals surface area (Å²) in [5, 5.41) is 11.1. The normalized spacial score (nSPS) is 14.5. The summed E-state index contributed by atoms with van der Waals surface area (Å²) in [6.07, 6.45) is 1.73. The maximum atomic E-state index is 13.0. The highest BCUT2D eigenvalue weighted by atomic mass is 32.2. The van der Waals surface area contributed by atoms with Crippen LogP contribution in [0.3, 0.4) is 0 Å². The summed E-state index contributed by atoms with van der Waals surface area (Å²) >= 11 is 6.51. The van der Waals surface area contributed by atoms with Crippen molar-refractivity contribution in [3.05, 3.63) is 99.4 Å². The van der Waals surface area contributed by atoms with Crippen LogP contribution in [-0.4, -0.2) is 28.4 Å². The zero-order valence-electron chi connectivity index (χ0n) is 17.2. The molecule has 0 N–H and O–H groups in total. The molecule has 0 radical (unpaired) electrons. The fourth-order valence-electron chi connectivity index (χ4n) is 3.12. The van der Waals surface area contributed by atoms with E-state index in [0.717, 1.165) is 23.1 Å². The average Bonchev–Trinajstić information content (AvgIpc) is 3.10. The van der Waals surface area contributed by atoms with Gasteiger partial charge in [-0.3, -0.25) is 19.8 Å². The molecule has 166 valence electrons. The monoisotopic (exact) mass is 478 g/mol. The first-order valence-corrected chi connectivity index (χ1v) is 11.2. The molecule has 0 aliphatic carbocycles. The lowest BCUT2D eigenvalue weighted by Gasteiger charge is -2.14. The second-order valence-electron chi connectivity index (χ2n) is 6.88. The number of rotatable bonds is 8. The van der Waals surface area contributed by atoms with Crippen molar-refractivity contribution in [2.45, 2.75) is 0 Å². The Balaban J connectivity index is 1.42. The van der Waals surface area contributed by atoms with Gasteiger partial charge in [-0.1, -0.05) is 60.4 Å². The van der Waals surface area contributed by atoms with Crippen molar-refractivity contribution in [2.24, 2.45) is 0 Å². The largest absolute Gasteiger partial charge is 0.490 e. The van der Waals surface area contributed by atoms with Gasteiger partial charge in [0.1, 0.15) is 24.7 Å². The maximum absolute atomic E-state index is 13.0. The maximum Gasteiger partial charge on any atom is 0.271 e. The van der Waals surface area contributed by atoms with Crippen LogP contribution >= 0.6 is 24.0 Å². The van der Waals surface area contributed by atoms with Gasteiger partial charge in [-0.05, 0) is 42.0 Å². The van der Waals surface area contributed by atoms with Crippen LogP contribution in [0.15, 0.2) is 83.8 Å². The molecule has 0 bridgehead atoms. The zero-order valence-corrected chi connectivity index (χ0v) is 18.9. The number of nitro groups is 1. The van der Waals surface area contributed by atoms with E-state index in [0.29, 0.717) is 33.9 Å². The van der Waals surface area contributed by atoms with Gasteiger partial charge in [-0.15, -0.1) is 0 Å². The van der Waals surface area contributed by atoms with Crippen molar-refractivity contribution in [1.29, 1.82) is 0 Å². The van der Waals surface area contributed by atoms with Gasteiger partial charge < -0.3 is 9.47 Å². The molecule has 0 aromatic heterocycles. The van der Waals surface area contributed by atoms with E-state index in [1.807, 2.05) is 54.6 Å². The van der Waals surface area contributed by atoms with E-state index in [1.54, 1.807) is 12.1 Å². The molecule has 9 heteroatoms. The molecule has 33 heavy (non-hydrogen) atoms. The third kappa shape index (κ3) is 5.57. The number of carbonyl (C=O) groups excluding carboxylic acids is 1. The van der Waals surface area contributed by atoms with Gasteiger partial charge in [0.05, 0.1) is 15.5 Å². The Morgan fingerprint density at radius 2 is 1.64 bits per heavy atom. The van der Waals surface area contributed by atoms with Crippen molar-refractivity contribution in [1.82, 2.24) is 0 Å². The van der Waals surface area contributed by atoms with E-state index in [2.05, 4.69) is 0 Å². The van der Waals surface area contributed by atoms with Gasteiger partial charge in [-0.25, -0.2) is 0 Å². The molecule has 0 atom stereocenters. The van der Waals surface area contributed by atoms with E-state index < -0.39 is 4.92 Å². The minimum Gasteiger partial charge on any atom is -0.490 e. The number of ether oxygens (including phenoxy) is 2. The number of anilines is 1. The highest BCUT2D eigenvalue weighted by Crippen LogP contribution is 2.37.